The van der Waals surface area contributed by atoms with Crippen LogP contribution in [0.2, 0.25) is 0 Å². The maximum Gasteiger partial charge on any atom is 0.233 e. The van der Waals surface area contributed by atoms with Crippen molar-refractivity contribution in [2.45, 2.75) is 36.1 Å². The first-order chi connectivity index (χ1) is 13.2. The molecule has 0 spiro atoms. The summed E-state index contributed by atoms with van der Waals surface area (Å²) in [5, 5.41) is 8.74. The highest BCUT2D eigenvalue weighted by Gasteiger charge is 2.21. The molecule has 1 aliphatic rings. The number of hydrogen-bond acceptors (Lipinski definition) is 6. The molecule has 1 amide bonds. The van der Waals surface area contributed by atoms with E-state index in [1.807, 2.05) is 37.3 Å². The number of benzene rings is 1. The van der Waals surface area contributed by atoms with Gasteiger partial charge in [-0.05, 0) is 31.9 Å². The second-order valence-electron chi connectivity index (χ2n) is 6.45. The number of hydrogen-bond donors (Lipinski definition) is 1. The Morgan fingerprint density at radius 2 is 2.22 bits per heavy atom. The van der Waals surface area contributed by atoms with Crippen molar-refractivity contribution in [3.8, 4) is 5.69 Å². The van der Waals surface area contributed by atoms with Gasteiger partial charge in [-0.1, -0.05) is 30.0 Å². The zero-order chi connectivity index (χ0) is 18.6. The third-order valence-corrected chi connectivity index (χ3v) is 5.63. The maximum atomic E-state index is 12.4. The van der Waals surface area contributed by atoms with E-state index in [4.69, 9.17) is 4.74 Å². The SMILES string of the molecule is C[C@@H](Sc1ncnc2c1cnn2-c1ccccc1)C(=O)NC[C@H]1CCCO1. The van der Waals surface area contributed by atoms with E-state index in [1.165, 1.54) is 18.1 Å². The van der Waals surface area contributed by atoms with Crippen molar-refractivity contribution in [2.24, 2.45) is 0 Å². The molecule has 1 saturated heterocycles. The number of nitrogens with zero attached hydrogens (tertiary/aromatic N) is 4. The molecule has 0 bridgehead atoms. The lowest BCUT2D eigenvalue weighted by molar-refractivity contribution is -0.120. The van der Waals surface area contributed by atoms with Gasteiger partial charge in [0.2, 0.25) is 5.91 Å². The van der Waals surface area contributed by atoms with E-state index >= 15 is 0 Å². The van der Waals surface area contributed by atoms with Crippen molar-refractivity contribution < 1.29 is 9.53 Å². The monoisotopic (exact) mass is 383 g/mol. The van der Waals surface area contributed by atoms with Gasteiger partial charge in [-0.15, -0.1) is 0 Å². The average Bonchev–Trinajstić information content (AvgIpc) is 3.37. The number of nitrogens with one attached hydrogen (secondary N) is 1. The Kier molecular flexibility index (Phi) is 5.35. The van der Waals surface area contributed by atoms with Crippen LogP contribution < -0.4 is 5.32 Å². The summed E-state index contributed by atoms with van der Waals surface area (Å²) < 4.78 is 7.33. The van der Waals surface area contributed by atoms with E-state index in [0.29, 0.717) is 6.54 Å². The lowest BCUT2D eigenvalue weighted by atomic mass is 10.2. The van der Waals surface area contributed by atoms with Gasteiger partial charge < -0.3 is 10.1 Å². The molecule has 1 aromatic carbocycles. The molecule has 27 heavy (non-hydrogen) atoms. The Labute approximate surface area is 161 Å². The molecular weight excluding hydrogens is 362 g/mol. The summed E-state index contributed by atoms with van der Waals surface area (Å²) in [6, 6.07) is 9.83. The molecular formula is C19H21N5O2S. The highest BCUT2D eigenvalue weighted by molar-refractivity contribution is 8.00. The van der Waals surface area contributed by atoms with Crippen LogP contribution in [0, 0.1) is 0 Å². The van der Waals surface area contributed by atoms with Crippen molar-refractivity contribution in [2.75, 3.05) is 13.2 Å². The molecule has 1 N–H and O–H groups in total. The number of amides is 1. The van der Waals surface area contributed by atoms with Crippen molar-refractivity contribution in [3.63, 3.8) is 0 Å². The molecule has 0 saturated carbocycles. The molecule has 0 unspecified atom stereocenters. The number of aromatic nitrogens is 4. The fourth-order valence-corrected chi connectivity index (χ4v) is 3.96. The summed E-state index contributed by atoms with van der Waals surface area (Å²) >= 11 is 1.41. The number of rotatable bonds is 6. The zero-order valence-electron chi connectivity index (χ0n) is 15.0. The predicted octanol–water partition coefficient (Wildman–Crippen LogP) is 2.59. The number of thioether (sulfide) groups is 1. The fourth-order valence-electron chi connectivity index (χ4n) is 3.06. The van der Waals surface area contributed by atoms with E-state index in [0.717, 1.165) is 41.2 Å². The van der Waals surface area contributed by atoms with E-state index in [9.17, 15) is 4.79 Å². The number of fused-ring (bicyclic) bond motifs is 1. The first-order valence-electron chi connectivity index (χ1n) is 9.02. The van der Waals surface area contributed by atoms with Gasteiger partial charge >= 0.3 is 0 Å². The Bertz CT molecular complexity index is 924. The third-order valence-electron chi connectivity index (χ3n) is 4.52. The van der Waals surface area contributed by atoms with Gasteiger partial charge in [-0.25, -0.2) is 14.6 Å². The minimum absolute atomic E-state index is 0.0160. The third kappa shape index (κ3) is 3.96. The standard InChI is InChI=1S/C19H21N5O2S/c1-13(18(25)20-10-15-8-5-9-26-15)27-19-16-11-23-24(17(16)21-12-22-19)14-6-3-2-4-7-14/h2-4,6-7,11-13,15H,5,8-10H2,1H3,(H,20,25)/t13-,15-/m1/s1. The summed E-state index contributed by atoms with van der Waals surface area (Å²) in [6.45, 7) is 3.23. The predicted molar refractivity (Wildman–Crippen MR) is 104 cm³/mol. The molecule has 0 aliphatic carbocycles. The quantitative estimate of drug-likeness (QED) is 0.520. The topological polar surface area (TPSA) is 81.9 Å². The van der Waals surface area contributed by atoms with Crippen LogP contribution in [0.1, 0.15) is 19.8 Å². The van der Waals surface area contributed by atoms with Gasteiger partial charge in [-0.3, -0.25) is 4.79 Å². The summed E-state index contributed by atoms with van der Waals surface area (Å²) in [4.78, 5) is 21.2. The number of para-hydroxylation sites is 1. The Hall–Kier alpha value is -2.45. The fraction of sp³-hybridized carbons (Fsp3) is 0.368. The van der Waals surface area contributed by atoms with E-state index < -0.39 is 0 Å². The molecule has 4 rings (SSSR count). The zero-order valence-corrected chi connectivity index (χ0v) is 15.9. The van der Waals surface area contributed by atoms with E-state index in [-0.39, 0.29) is 17.3 Å². The van der Waals surface area contributed by atoms with Gasteiger partial charge in [0.25, 0.3) is 0 Å². The van der Waals surface area contributed by atoms with Crippen molar-refractivity contribution in [1.29, 1.82) is 0 Å². The smallest absolute Gasteiger partial charge is 0.233 e. The molecule has 1 aliphatic heterocycles. The van der Waals surface area contributed by atoms with Crippen molar-refractivity contribution in [3.05, 3.63) is 42.9 Å². The van der Waals surface area contributed by atoms with Crippen LogP contribution in [-0.2, 0) is 9.53 Å². The summed E-state index contributed by atoms with van der Waals surface area (Å²) in [5.41, 5.74) is 1.66. The highest BCUT2D eigenvalue weighted by atomic mass is 32.2. The lowest BCUT2D eigenvalue weighted by Crippen LogP contribution is -2.36. The molecule has 0 radical (unpaired) electrons. The second kappa shape index (κ2) is 8.06. The molecule has 1 fully saturated rings. The Balaban J connectivity index is 1.48. The lowest BCUT2D eigenvalue weighted by Gasteiger charge is -2.14. The van der Waals surface area contributed by atoms with Gasteiger partial charge in [0.1, 0.15) is 11.4 Å². The maximum absolute atomic E-state index is 12.4. The largest absolute Gasteiger partial charge is 0.376 e. The summed E-state index contributed by atoms with van der Waals surface area (Å²) in [7, 11) is 0. The van der Waals surface area contributed by atoms with Gasteiger partial charge in [0.05, 0.1) is 28.6 Å². The normalized spacial score (nSPS) is 17.9. The first-order valence-corrected chi connectivity index (χ1v) is 9.90. The van der Waals surface area contributed by atoms with Crippen LogP contribution in [0.5, 0.6) is 0 Å². The van der Waals surface area contributed by atoms with Crippen LogP contribution in [0.4, 0.5) is 0 Å². The number of ether oxygens (including phenoxy) is 1. The van der Waals surface area contributed by atoms with Gasteiger partial charge in [0, 0.05) is 13.2 Å². The average molecular weight is 383 g/mol. The Morgan fingerprint density at radius 3 is 3.00 bits per heavy atom. The second-order valence-corrected chi connectivity index (χ2v) is 7.78. The van der Waals surface area contributed by atoms with E-state index in [2.05, 4.69) is 20.4 Å². The van der Waals surface area contributed by atoms with Gasteiger partial charge in [0.15, 0.2) is 5.65 Å². The minimum Gasteiger partial charge on any atom is -0.376 e. The van der Waals surface area contributed by atoms with Crippen LogP contribution in [0.25, 0.3) is 16.7 Å². The van der Waals surface area contributed by atoms with Crippen LogP contribution in [-0.4, -0.2) is 50.2 Å². The molecule has 8 heteroatoms. The molecule has 2 aromatic heterocycles. The van der Waals surface area contributed by atoms with Gasteiger partial charge in [-0.2, -0.15) is 5.10 Å². The Morgan fingerprint density at radius 1 is 1.37 bits per heavy atom. The molecule has 3 heterocycles. The van der Waals surface area contributed by atoms with Crippen molar-refractivity contribution in [1.82, 2.24) is 25.1 Å². The van der Waals surface area contributed by atoms with Crippen LogP contribution in [0.15, 0.2) is 47.9 Å². The molecule has 2 atom stereocenters. The minimum atomic E-state index is -0.274. The van der Waals surface area contributed by atoms with Crippen molar-refractivity contribution >= 4 is 28.7 Å². The number of carbonyl (C=O) groups excluding carboxylic acids is 1. The summed E-state index contributed by atoms with van der Waals surface area (Å²) in [5.74, 6) is -0.0160. The first kappa shape index (κ1) is 17.9. The van der Waals surface area contributed by atoms with Crippen LogP contribution in [0.3, 0.4) is 0 Å². The highest BCUT2D eigenvalue weighted by Crippen LogP contribution is 2.28. The molecule has 140 valence electrons. The molecule has 3 aromatic rings. The summed E-state index contributed by atoms with van der Waals surface area (Å²) in [6.07, 6.45) is 5.48. The van der Waals surface area contributed by atoms with Crippen LogP contribution >= 0.6 is 11.8 Å². The molecule has 7 nitrogen and oxygen atoms in total. The van der Waals surface area contributed by atoms with E-state index in [1.54, 1.807) is 10.9 Å². The number of carbonyl (C=O) groups is 1.